The van der Waals surface area contributed by atoms with E-state index in [9.17, 15) is 51.8 Å². The summed E-state index contributed by atoms with van der Waals surface area (Å²) in [5.74, 6) is -2.59. The highest BCUT2D eigenvalue weighted by molar-refractivity contribution is 7.54. The van der Waals surface area contributed by atoms with E-state index in [1.807, 2.05) is 27.7 Å². The van der Waals surface area contributed by atoms with Gasteiger partial charge >= 0.3 is 72.2 Å². The first-order valence-electron chi connectivity index (χ1n) is 40.6. The van der Waals surface area contributed by atoms with Crippen LogP contribution in [0.1, 0.15) is 187 Å². The monoisotopic (exact) mass is 1950 g/mol. The largest absolute Gasteiger partial charge is 0.466 e. The van der Waals surface area contributed by atoms with Gasteiger partial charge in [-0.3, -0.25) is 69.9 Å². The van der Waals surface area contributed by atoms with Gasteiger partial charge in [0.05, 0.1) is 120 Å². The van der Waals surface area contributed by atoms with Crippen LogP contribution in [0.25, 0.3) is 44.7 Å². The van der Waals surface area contributed by atoms with E-state index in [0.717, 1.165) is 0 Å². The third-order valence-corrected chi connectivity index (χ3v) is 21.4. The van der Waals surface area contributed by atoms with Gasteiger partial charge in [0.1, 0.15) is 66.4 Å². The topological polar surface area (TPSA) is 654 Å². The molecule has 0 aliphatic rings. The van der Waals surface area contributed by atoms with Gasteiger partial charge in [0.2, 0.25) is 34.0 Å². The number of nitrogens with two attached hydrogens (primary N) is 4. The fourth-order valence-electron chi connectivity index (χ4n) is 9.14. The summed E-state index contributed by atoms with van der Waals surface area (Å²) in [6.45, 7) is 42.6. The average molecular weight is 1950 g/mol. The average Bonchev–Trinajstić information content (AvgIpc) is 1.70. The number of hydrogen-bond donors (Lipinski definition) is 6. The molecule has 1 unspecified atom stereocenters. The van der Waals surface area contributed by atoms with Crippen molar-refractivity contribution < 1.29 is 136 Å². The summed E-state index contributed by atoms with van der Waals surface area (Å²) >= 11 is 0. The van der Waals surface area contributed by atoms with Crippen molar-refractivity contribution >= 4 is 140 Å². The second-order valence-electron chi connectivity index (χ2n) is 36.5. The van der Waals surface area contributed by atoms with Crippen LogP contribution in [0.15, 0.2) is 50.6 Å². The number of nitrogen functional groups attached to an aromatic ring is 4. The summed E-state index contributed by atoms with van der Waals surface area (Å²) in [7, 11) is -16.2. The number of imidazole rings is 4. The SMILES string of the molecule is C.CCOC(=O)C(C)(C)C.C[C@H](Cn1cnc2c(N)ncnc21)OCP(=O)(O)O.C[C@H](Cn1cnc2c(N)ncnc21)OCP(=O)(OCOC(=O)C(C)(C)C)OC(=O)C(C)(C)C.C[C@H](Cn1cnc2c(N)ncnc21)OCP(=O)(OCOC(=O)C(C)(C)C)OCOC(=O)C(C)(C)C.C[C@H](Cn1cnc2c(N)ncnc21)OCP(=O)(OCOC(=O)C(C)(C)C)OCOC(=O)C(C)(C)C. The summed E-state index contributed by atoms with van der Waals surface area (Å²) in [6, 6.07) is 0. The minimum absolute atomic E-state index is 0. The predicted molar refractivity (Wildman–Crippen MR) is 481 cm³/mol. The summed E-state index contributed by atoms with van der Waals surface area (Å²) < 4.78 is 141. The van der Waals surface area contributed by atoms with Crippen molar-refractivity contribution in [3.63, 3.8) is 0 Å². The molecule has 0 aliphatic heterocycles. The number of aromatic nitrogens is 16. The van der Waals surface area contributed by atoms with Crippen LogP contribution in [0.2, 0.25) is 0 Å². The summed E-state index contributed by atoms with van der Waals surface area (Å²) in [4.78, 5) is 149. The van der Waals surface area contributed by atoms with Gasteiger partial charge < -0.3 is 103 Å². The van der Waals surface area contributed by atoms with E-state index in [4.69, 9.17) is 107 Å². The molecule has 8 heterocycles. The smallest absolute Gasteiger partial charge is 0.409 e. The Morgan fingerprint density at radius 3 is 0.712 bits per heavy atom. The van der Waals surface area contributed by atoms with Crippen molar-refractivity contribution in [2.45, 2.75) is 238 Å². The molecule has 8 aromatic rings. The standard InChI is InChI=1S/2C21H34N5O8P.C20H32N5O7P.C9H14N5O4P.C7H14O2.CH4/c2*1-14(8-26-10-25-15-16(22)23-9-24-17(15)26)32-13-35(29,33-11-30-18(27)20(2,3)4)34-12-31-19(28)21(5,6)7;1-13(8-25-10-24-14-15(21)22-9-23-16(14)25)30-12-33(28,32-18(27)20(5,6)7)31-11-29-17(26)19(2,3)4;1-6(18-5-19(15,16)17)2-14-4-13-7-8(10)11-3-12-9(7)14;1-5-9-6(8)7(2,3)4;/h2*9-10,14H,8,11-13H2,1-7H3,(H2,22,23,24);9-10,13H,8,11-12H2,1-7H3,(H2,21,22,23);3-4,6H,2,5H2,1H3,(H2,10,11,12)(H2,15,16,17);5H2,1-4H3;1H4/t2*14-;13-,33?;6-;;/m1111../s1. The van der Waals surface area contributed by atoms with E-state index in [1.165, 1.54) is 38.0 Å². The Morgan fingerprint density at radius 1 is 0.318 bits per heavy atom. The maximum atomic E-state index is 13.2. The van der Waals surface area contributed by atoms with Crippen LogP contribution in [0.5, 0.6) is 0 Å². The zero-order valence-electron chi connectivity index (χ0n) is 79.0. The molecule has 0 fully saturated rings. The number of esters is 6. The molecule has 49 nitrogen and oxygen atoms in total. The molecule has 0 radical (unpaired) electrons. The van der Waals surface area contributed by atoms with E-state index in [1.54, 1.807) is 183 Å². The van der Waals surface area contributed by atoms with Gasteiger partial charge in [-0.1, -0.05) is 7.43 Å². The number of anilines is 4. The molecule has 8 rings (SSSR count). The van der Waals surface area contributed by atoms with Crippen LogP contribution in [0, 0.1) is 37.9 Å². The molecule has 132 heavy (non-hydrogen) atoms. The Labute approximate surface area is 766 Å². The fraction of sp³-hybridized carbons (Fsp3) is 0.658. The minimum atomic E-state index is -4.16. The molecular formula is C79H132N20O29P4. The second-order valence-corrected chi connectivity index (χ2v) is 44.0. The van der Waals surface area contributed by atoms with Gasteiger partial charge in [-0.15, -0.1) is 0 Å². The van der Waals surface area contributed by atoms with E-state index < -0.39 is 182 Å². The number of fused-ring (bicyclic) bond motifs is 4. The lowest BCUT2D eigenvalue weighted by molar-refractivity contribution is -0.164. The molecule has 0 amide bonds. The maximum absolute atomic E-state index is 13.2. The number of rotatable bonds is 37. The van der Waals surface area contributed by atoms with Gasteiger partial charge in [0.15, 0.2) is 52.2 Å². The van der Waals surface area contributed by atoms with Gasteiger partial charge in [-0.25, -0.2) is 64.4 Å². The number of nitrogens with zero attached hydrogens (tertiary/aromatic N) is 16. The number of carbonyl (C=O) groups excluding carboxylic acids is 7. The first-order valence-corrected chi connectivity index (χ1v) is 47.6. The van der Waals surface area contributed by atoms with Gasteiger partial charge in [0, 0.05) is 0 Å². The Hall–Kier alpha value is -9.83. The van der Waals surface area contributed by atoms with Gasteiger partial charge in [-0.05, 0) is 180 Å². The molecule has 8 aromatic heterocycles. The Morgan fingerprint density at radius 2 is 0.515 bits per heavy atom. The zero-order chi connectivity index (χ0) is 99.4. The van der Waals surface area contributed by atoms with E-state index in [0.29, 0.717) is 77.4 Å². The molecule has 53 heteroatoms. The Kier molecular flexibility index (Phi) is 44.0. The number of hydrogen-bond acceptors (Lipinski definition) is 43. The minimum Gasteiger partial charge on any atom is -0.466 e. The highest BCUT2D eigenvalue weighted by atomic mass is 31.2. The lowest BCUT2D eigenvalue weighted by Gasteiger charge is -2.24. The zero-order valence-corrected chi connectivity index (χ0v) is 82.6. The number of carbonyl (C=O) groups is 7. The van der Waals surface area contributed by atoms with Crippen molar-refractivity contribution in [3.8, 4) is 0 Å². The van der Waals surface area contributed by atoms with Crippen molar-refractivity contribution in [1.82, 2.24) is 78.1 Å². The summed E-state index contributed by atoms with van der Waals surface area (Å²) in [6.07, 6.45) is 7.47. The number of ether oxygens (including phenoxy) is 10. The van der Waals surface area contributed by atoms with Crippen molar-refractivity contribution in [2.24, 2.45) is 37.9 Å². The second kappa shape index (κ2) is 49.9. The van der Waals surface area contributed by atoms with Gasteiger partial charge in [0.25, 0.3) is 0 Å². The fourth-order valence-corrected chi connectivity index (χ4v) is 13.1. The summed E-state index contributed by atoms with van der Waals surface area (Å²) in [5, 5.41) is 0. The van der Waals surface area contributed by atoms with Crippen LogP contribution in [-0.2, 0) is 153 Å². The molecule has 0 saturated heterocycles. The van der Waals surface area contributed by atoms with Crippen LogP contribution in [0.3, 0.4) is 0 Å². The first kappa shape index (κ1) is 116. The van der Waals surface area contributed by atoms with Gasteiger partial charge in [-0.2, -0.15) is 0 Å². The lowest BCUT2D eigenvalue weighted by Crippen LogP contribution is -2.26. The highest BCUT2D eigenvalue weighted by Crippen LogP contribution is 2.52. The maximum Gasteiger partial charge on any atom is 0.409 e. The van der Waals surface area contributed by atoms with E-state index in [2.05, 4.69) is 59.8 Å². The van der Waals surface area contributed by atoms with Crippen molar-refractivity contribution in [2.75, 3.05) is 88.9 Å². The molecule has 742 valence electrons. The molecular weight excluding hydrogens is 1820 g/mol. The third kappa shape index (κ3) is 39.8. The van der Waals surface area contributed by atoms with Crippen LogP contribution in [0.4, 0.5) is 23.3 Å². The Balaban J connectivity index is 0.000000445. The van der Waals surface area contributed by atoms with Crippen LogP contribution in [-0.4, -0.2) is 220 Å². The van der Waals surface area contributed by atoms with E-state index in [-0.39, 0.29) is 42.1 Å². The van der Waals surface area contributed by atoms with Crippen LogP contribution < -0.4 is 22.9 Å². The normalized spacial score (nSPS) is 13.7. The quantitative estimate of drug-likeness (QED) is 0.00911. The summed E-state index contributed by atoms with van der Waals surface area (Å²) in [5.41, 5.74) is 21.9. The van der Waals surface area contributed by atoms with Crippen LogP contribution >= 0.6 is 30.4 Å². The molecule has 0 saturated carbocycles. The van der Waals surface area contributed by atoms with E-state index >= 15 is 0 Å². The molecule has 10 N–H and O–H groups in total. The molecule has 0 aliphatic carbocycles. The predicted octanol–water partition coefficient (Wildman–Crippen LogP) is 11.5. The Bertz CT molecular complexity index is 5070. The first-order chi connectivity index (χ1) is 60.2. The molecule has 0 spiro atoms. The third-order valence-electron chi connectivity index (χ3n) is 16.6. The lowest BCUT2D eigenvalue weighted by atomic mass is 9.97. The van der Waals surface area contributed by atoms with Crippen molar-refractivity contribution in [1.29, 1.82) is 0 Å². The molecule has 0 bridgehead atoms. The van der Waals surface area contributed by atoms with Crippen molar-refractivity contribution in [3.05, 3.63) is 50.6 Å². The highest BCUT2D eigenvalue weighted by Gasteiger charge is 2.39. The molecule has 0 aromatic carbocycles. The molecule has 5 atom stereocenters.